The summed E-state index contributed by atoms with van der Waals surface area (Å²) in [5.41, 5.74) is 2.10. The van der Waals surface area contributed by atoms with E-state index in [1.54, 1.807) is 37.3 Å². The molecule has 0 bridgehead atoms. The number of nitrogens with zero attached hydrogens (tertiary/aromatic N) is 1. The van der Waals surface area contributed by atoms with Crippen LogP contribution in [0.1, 0.15) is 27.9 Å². The lowest BCUT2D eigenvalue weighted by molar-refractivity contribution is -0.116. The van der Waals surface area contributed by atoms with Crippen LogP contribution in [0.15, 0.2) is 41.3 Å². The number of methoxy groups -OCH3 is 2. The molecule has 0 saturated carbocycles. The highest BCUT2D eigenvalue weighted by Gasteiger charge is 2.27. The van der Waals surface area contributed by atoms with E-state index in [9.17, 15) is 18.0 Å². The molecular weight excluding hydrogens is 448 g/mol. The average Bonchev–Trinajstić information content (AvgIpc) is 2.83. The molecule has 0 unspecified atom stereocenters. The van der Waals surface area contributed by atoms with E-state index >= 15 is 0 Å². The molecule has 1 aliphatic rings. The standard InChI is InChI=1S/C23H28N2O7S/c1-16-19(23(27)31-3)5-4-6-20(16)24-22(26)10-7-17-15-18(8-9-21(17)30-2)33(28,29)25-11-13-32-14-12-25/h4-6,8-9,15H,7,10-14H2,1-3H3,(H,24,26). The average molecular weight is 477 g/mol. The van der Waals surface area contributed by atoms with Crippen molar-refractivity contribution >= 4 is 27.6 Å². The van der Waals surface area contributed by atoms with Crippen molar-refractivity contribution < 1.29 is 32.2 Å². The molecule has 1 N–H and O–H groups in total. The van der Waals surface area contributed by atoms with Gasteiger partial charge in [-0.3, -0.25) is 4.79 Å². The van der Waals surface area contributed by atoms with Crippen molar-refractivity contribution in [3.8, 4) is 5.75 Å². The Bertz CT molecular complexity index is 1130. The molecule has 9 nitrogen and oxygen atoms in total. The van der Waals surface area contributed by atoms with E-state index in [1.165, 1.54) is 24.6 Å². The quantitative estimate of drug-likeness (QED) is 0.582. The molecule has 2 aromatic carbocycles. The predicted octanol–water partition coefficient (Wildman–Crippen LogP) is 2.38. The summed E-state index contributed by atoms with van der Waals surface area (Å²) in [6.45, 7) is 3.05. The van der Waals surface area contributed by atoms with Gasteiger partial charge in [0.05, 0.1) is 37.9 Å². The Hall–Kier alpha value is -2.95. The van der Waals surface area contributed by atoms with Crippen LogP contribution in [0.2, 0.25) is 0 Å². The SMILES string of the molecule is COC(=O)c1cccc(NC(=O)CCc2cc(S(=O)(=O)N3CCOCC3)ccc2OC)c1C. The van der Waals surface area contributed by atoms with Crippen molar-refractivity contribution in [3.05, 3.63) is 53.1 Å². The fourth-order valence-corrected chi connectivity index (χ4v) is 5.07. The second kappa shape index (κ2) is 10.8. The van der Waals surface area contributed by atoms with Crippen molar-refractivity contribution in [2.24, 2.45) is 0 Å². The number of morpholine rings is 1. The molecule has 0 aliphatic carbocycles. The number of hydrogen-bond donors (Lipinski definition) is 1. The second-order valence-corrected chi connectivity index (χ2v) is 9.45. The molecule has 0 spiro atoms. The molecule has 0 radical (unpaired) electrons. The zero-order valence-electron chi connectivity index (χ0n) is 18.9. The Kier molecular flexibility index (Phi) is 8.06. The zero-order chi connectivity index (χ0) is 24.0. The number of anilines is 1. The normalized spacial score (nSPS) is 14.5. The van der Waals surface area contributed by atoms with Gasteiger partial charge in [-0.1, -0.05) is 6.07 Å². The Morgan fingerprint density at radius 1 is 1.12 bits per heavy atom. The third kappa shape index (κ3) is 5.70. The van der Waals surface area contributed by atoms with E-state index < -0.39 is 16.0 Å². The third-order valence-electron chi connectivity index (χ3n) is 5.49. The molecule has 0 atom stereocenters. The molecule has 1 aliphatic heterocycles. The lowest BCUT2D eigenvalue weighted by Crippen LogP contribution is -2.40. The van der Waals surface area contributed by atoms with E-state index in [4.69, 9.17) is 14.2 Å². The van der Waals surface area contributed by atoms with Crippen molar-refractivity contribution in [2.45, 2.75) is 24.7 Å². The van der Waals surface area contributed by atoms with E-state index in [2.05, 4.69) is 5.32 Å². The van der Waals surface area contributed by atoms with Crippen molar-refractivity contribution in [2.75, 3.05) is 45.8 Å². The van der Waals surface area contributed by atoms with Gasteiger partial charge in [-0.2, -0.15) is 4.31 Å². The number of benzene rings is 2. The van der Waals surface area contributed by atoms with E-state index in [-0.39, 0.29) is 23.6 Å². The predicted molar refractivity (Wildman–Crippen MR) is 122 cm³/mol. The minimum Gasteiger partial charge on any atom is -0.496 e. The van der Waals surface area contributed by atoms with Gasteiger partial charge in [-0.25, -0.2) is 13.2 Å². The number of sulfonamides is 1. The summed E-state index contributed by atoms with van der Waals surface area (Å²) in [6, 6.07) is 9.66. The fraction of sp³-hybridized carbons (Fsp3) is 0.391. The minimum atomic E-state index is -3.66. The zero-order valence-corrected chi connectivity index (χ0v) is 19.7. The number of esters is 1. The molecule has 1 fully saturated rings. The number of carbonyl (C=O) groups excluding carboxylic acids is 2. The van der Waals surface area contributed by atoms with Gasteiger partial charge in [0, 0.05) is 25.2 Å². The Labute approximate surface area is 193 Å². The van der Waals surface area contributed by atoms with Crippen LogP contribution < -0.4 is 10.1 Å². The number of ether oxygens (including phenoxy) is 3. The van der Waals surface area contributed by atoms with Crippen molar-refractivity contribution in [3.63, 3.8) is 0 Å². The highest BCUT2D eigenvalue weighted by atomic mass is 32.2. The molecule has 1 heterocycles. The van der Waals surface area contributed by atoms with Gasteiger partial charge >= 0.3 is 5.97 Å². The molecule has 178 valence electrons. The Morgan fingerprint density at radius 3 is 2.52 bits per heavy atom. The van der Waals surface area contributed by atoms with Gasteiger partial charge in [-0.15, -0.1) is 0 Å². The summed E-state index contributed by atoms with van der Waals surface area (Å²) in [7, 11) is -0.868. The highest BCUT2D eigenvalue weighted by Crippen LogP contribution is 2.27. The minimum absolute atomic E-state index is 0.0965. The lowest BCUT2D eigenvalue weighted by Gasteiger charge is -2.26. The summed E-state index contributed by atoms with van der Waals surface area (Å²) in [5, 5.41) is 2.81. The lowest BCUT2D eigenvalue weighted by atomic mass is 10.1. The smallest absolute Gasteiger partial charge is 0.338 e. The summed E-state index contributed by atoms with van der Waals surface area (Å²) < 4.78 is 42.7. The van der Waals surface area contributed by atoms with Crippen LogP contribution in [0.5, 0.6) is 5.75 Å². The number of rotatable bonds is 8. The first-order valence-electron chi connectivity index (χ1n) is 10.5. The van der Waals surface area contributed by atoms with Crippen LogP contribution in [0.3, 0.4) is 0 Å². The molecule has 10 heteroatoms. The van der Waals surface area contributed by atoms with Gasteiger partial charge in [0.2, 0.25) is 15.9 Å². The number of hydrogen-bond acceptors (Lipinski definition) is 7. The molecule has 1 amide bonds. The van der Waals surface area contributed by atoms with Gasteiger partial charge in [0.15, 0.2) is 0 Å². The second-order valence-electron chi connectivity index (χ2n) is 7.51. The first-order valence-corrected chi connectivity index (χ1v) is 11.9. The van der Waals surface area contributed by atoms with Crippen LogP contribution in [-0.2, 0) is 30.7 Å². The highest BCUT2D eigenvalue weighted by molar-refractivity contribution is 7.89. The topological polar surface area (TPSA) is 111 Å². The Morgan fingerprint density at radius 2 is 1.85 bits per heavy atom. The first-order chi connectivity index (χ1) is 15.8. The molecular formula is C23H28N2O7S. The number of carbonyl (C=O) groups is 2. The number of nitrogens with one attached hydrogen (secondary N) is 1. The maximum absolute atomic E-state index is 13.0. The van der Waals surface area contributed by atoms with Crippen LogP contribution in [-0.4, -0.2) is 65.1 Å². The number of amides is 1. The molecule has 0 aromatic heterocycles. The molecule has 33 heavy (non-hydrogen) atoms. The van der Waals surface area contributed by atoms with Gasteiger partial charge in [-0.05, 0) is 54.8 Å². The van der Waals surface area contributed by atoms with Gasteiger partial charge in [0.1, 0.15) is 5.75 Å². The van der Waals surface area contributed by atoms with Crippen LogP contribution in [0, 0.1) is 6.92 Å². The monoisotopic (exact) mass is 476 g/mol. The summed E-state index contributed by atoms with van der Waals surface area (Å²) in [6.07, 6.45) is 0.372. The summed E-state index contributed by atoms with van der Waals surface area (Å²) in [5.74, 6) is -0.247. The van der Waals surface area contributed by atoms with Crippen LogP contribution in [0.25, 0.3) is 0 Å². The van der Waals surface area contributed by atoms with Crippen molar-refractivity contribution in [1.29, 1.82) is 0 Å². The fourth-order valence-electron chi connectivity index (χ4n) is 3.61. The summed E-state index contributed by atoms with van der Waals surface area (Å²) in [4.78, 5) is 24.6. The maximum Gasteiger partial charge on any atom is 0.338 e. The van der Waals surface area contributed by atoms with Crippen LogP contribution in [0.4, 0.5) is 5.69 Å². The van der Waals surface area contributed by atoms with Crippen molar-refractivity contribution in [1.82, 2.24) is 4.31 Å². The van der Waals surface area contributed by atoms with E-state index in [1.807, 2.05) is 0 Å². The number of aryl methyl sites for hydroxylation is 1. The van der Waals surface area contributed by atoms with Gasteiger partial charge < -0.3 is 19.5 Å². The first kappa shape index (κ1) is 24.7. The third-order valence-corrected chi connectivity index (χ3v) is 7.39. The molecule has 3 rings (SSSR count). The largest absolute Gasteiger partial charge is 0.496 e. The van der Waals surface area contributed by atoms with Gasteiger partial charge in [0.25, 0.3) is 0 Å². The molecule has 1 saturated heterocycles. The van der Waals surface area contributed by atoms with E-state index in [0.717, 1.165) is 0 Å². The van der Waals surface area contributed by atoms with Crippen LogP contribution >= 0.6 is 0 Å². The summed E-state index contributed by atoms with van der Waals surface area (Å²) >= 11 is 0. The molecule has 2 aromatic rings. The Balaban J connectivity index is 1.74. The van der Waals surface area contributed by atoms with E-state index in [0.29, 0.717) is 54.4 Å². The maximum atomic E-state index is 13.0.